The Kier molecular flexibility index (Phi) is 4.86. The maximum absolute atomic E-state index is 12.7. The van der Waals surface area contributed by atoms with Gasteiger partial charge in [-0.1, -0.05) is 12.1 Å². The molecule has 2 aliphatic rings. The number of piperidine rings is 1. The predicted octanol–water partition coefficient (Wildman–Crippen LogP) is 3.28. The number of carbonyl (C=O) groups is 1. The van der Waals surface area contributed by atoms with Crippen LogP contribution >= 0.6 is 11.3 Å². The van der Waals surface area contributed by atoms with E-state index in [2.05, 4.69) is 17.4 Å². The van der Waals surface area contributed by atoms with Gasteiger partial charge >= 0.3 is 0 Å². The molecule has 1 aromatic carbocycles. The number of nitrogens with one attached hydrogen (secondary N) is 1. The van der Waals surface area contributed by atoms with E-state index in [4.69, 9.17) is 0 Å². The van der Waals surface area contributed by atoms with E-state index in [-0.39, 0.29) is 18.4 Å². The molecule has 1 aliphatic carbocycles. The summed E-state index contributed by atoms with van der Waals surface area (Å²) in [6.45, 7) is 0.722. The molecular formula is C19H22N2O3S2. The van der Waals surface area contributed by atoms with Gasteiger partial charge in [-0.05, 0) is 66.8 Å². The molecule has 0 radical (unpaired) electrons. The van der Waals surface area contributed by atoms with Gasteiger partial charge in [0.25, 0.3) is 10.0 Å². The van der Waals surface area contributed by atoms with E-state index in [1.807, 2.05) is 6.07 Å². The van der Waals surface area contributed by atoms with Gasteiger partial charge in [0.15, 0.2) is 0 Å². The molecule has 1 unspecified atom stereocenters. The highest BCUT2D eigenvalue weighted by Crippen LogP contribution is 2.28. The van der Waals surface area contributed by atoms with E-state index in [1.165, 1.54) is 33.2 Å². The third-order valence-electron chi connectivity index (χ3n) is 5.21. The fourth-order valence-corrected chi connectivity index (χ4v) is 6.47. The number of nitrogens with zero attached hydrogens (tertiary/aromatic N) is 1. The average Bonchev–Trinajstić information content (AvgIpc) is 3.33. The van der Waals surface area contributed by atoms with Crippen LogP contribution in [0.15, 0.2) is 39.9 Å². The van der Waals surface area contributed by atoms with Gasteiger partial charge in [-0.15, -0.1) is 11.3 Å². The van der Waals surface area contributed by atoms with Crippen molar-refractivity contribution in [2.45, 2.75) is 36.3 Å². The van der Waals surface area contributed by atoms with E-state index >= 15 is 0 Å². The third-order valence-corrected chi connectivity index (χ3v) is 8.45. The zero-order valence-electron chi connectivity index (χ0n) is 14.5. The normalized spacial score (nSPS) is 20.7. The number of benzene rings is 1. The van der Waals surface area contributed by atoms with E-state index in [9.17, 15) is 13.2 Å². The summed E-state index contributed by atoms with van der Waals surface area (Å²) in [5.41, 5.74) is 3.50. The first kappa shape index (κ1) is 17.7. The SMILES string of the molecule is O=C(Nc1ccc2c(c1)CCC2)C1CCCN(S(=O)(=O)c2cccs2)C1. The standard InChI is InChI=1S/C19H22N2O3S2/c22-19(20-17-9-8-14-4-1-5-15(14)12-17)16-6-2-10-21(13-16)26(23,24)18-7-3-11-25-18/h3,7-9,11-12,16H,1-2,4-6,10,13H2,(H,20,22). The van der Waals surface area contributed by atoms with Crippen molar-refractivity contribution in [2.24, 2.45) is 5.92 Å². The number of fused-ring (bicyclic) bond motifs is 1. The number of hydrogen-bond donors (Lipinski definition) is 1. The van der Waals surface area contributed by atoms with E-state index in [0.717, 1.165) is 18.5 Å². The number of anilines is 1. The van der Waals surface area contributed by atoms with Gasteiger partial charge in [0.2, 0.25) is 5.91 Å². The van der Waals surface area contributed by atoms with Crippen LogP contribution in [0.25, 0.3) is 0 Å². The van der Waals surface area contributed by atoms with Crippen molar-refractivity contribution in [2.75, 3.05) is 18.4 Å². The molecule has 1 fully saturated rings. The molecule has 1 amide bonds. The summed E-state index contributed by atoms with van der Waals surface area (Å²) >= 11 is 1.22. The Morgan fingerprint density at radius 2 is 2.00 bits per heavy atom. The van der Waals surface area contributed by atoms with Crippen LogP contribution in [0.2, 0.25) is 0 Å². The number of sulfonamides is 1. The first-order chi connectivity index (χ1) is 12.5. The summed E-state index contributed by atoms with van der Waals surface area (Å²) in [4.78, 5) is 12.7. The molecule has 2 aromatic rings. The number of hydrogen-bond acceptors (Lipinski definition) is 4. The Hall–Kier alpha value is -1.70. The molecule has 7 heteroatoms. The maximum Gasteiger partial charge on any atom is 0.252 e. The summed E-state index contributed by atoms with van der Waals surface area (Å²) in [5.74, 6) is -0.402. The first-order valence-electron chi connectivity index (χ1n) is 9.00. The van der Waals surface area contributed by atoms with Crippen molar-refractivity contribution < 1.29 is 13.2 Å². The zero-order valence-corrected chi connectivity index (χ0v) is 16.1. The second-order valence-electron chi connectivity index (χ2n) is 6.96. The zero-order chi connectivity index (χ0) is 18.1. The number of amides is 1. The molecule has 26 heavy (non-hydrogen) atoms. The third kappa shape index (κ3) is 3.43. The van der Waals surface area contributed by atoms with Gasteiger partial charge in [-0.2, -0.15) is 4.31 Å². The van der Waals surface area contributed by atoms with Crippen molar-refractivity contribution in [3.8, 4) is 0 Å². The molecule has 4 rings (SSSR count). The number of thiophene rings is 1. The molecule has 0 spiro atoms. The van der Waals surface area contributed by atoms with Crippen LogP contribution in [-0.2, 0) is 27.7 Å². The average molecular weight is 391 g/mol. The summed E-state index contributed by atoms with van der Waals surface area (Å²) in [6, 6.07) is 9.45. The molecule has 1 aromatic heterocycles. The Morgan fingerprint density at radius 3 is 2.81 bits per heavy atom. The first-order valence-corrected chi connectivity index (χ1v) is 11.3. The van der Waals surface area contributed by atoms with Crippen molar-refractivity contribution in [3.05, 3.63) is 46.8 Å². The summed E-state index contributed by atoms with van der Waals surface area (Å²) < 4.78 is 27.2. The molecule has 1 aliphatic heterocycles. The van der Waals surface area contributed by atoms with E-state index in [1.54, 1.807) is 17.5 Å². The van der Waals surface area contributed by atoms with Crippen molar-refractivity contribution in [1.82, 2.24) is 4.31 Å². The quantitative estimate of drug-likeness (QED) is 0.871. The number of aryl methyl sites for hydroxylation is 2. The summed E-state index contributed by atoms with van der Waals surface area (Å²) in [7, 11) is -3.49. The van der Waals surface area contributed by atoms with Gasteiger partial charge in [0.05, 0.1) is 5.92 Å². The van der Waals surface area contributed by atoms with E-state index < -0.39 is 10.0 Å². The van der Waals surface area contributed by atoms with Crippen molar-refractivity contribution in [1.29, 1.82) is 0 Å². The van der Waals surface area contributed by atoms with Gasteiger partial charge in [0, 0.05) is 18.8 Å². The van der Waals surface area contributed by atoms with Crippen LogP contribution < -0.4 is 5.32 Å². The van der Waals surface area contributed by atoms with E-state index in [0.29, 0.717) is 23.6 Å². The van der Waals surface area contributed by atoms with Crippen LogP contribution in [0.5, 0.6) is 0 Å². The maximum atomic E-state index is 12.7. The lowest BCUT2D eigenvalue weighted by Crippen LogP contribution is -2.43. The molecule has 0 saturated carbocycles. The topological polar surface area (TPSA) is 66.5 Å². The van der Waals surface area contributed by atoms with Gasteiger partial charge < -0.3 is 5.32 Å². The lowest BCUT2D eigenvalue weighted by molar-refractivity contribution is -0.120. The van der Waals surface area contributed by atoms with Crippen LogP contribution in [0.4, 0.5) is 5.69 Å². The lowest BCUT2D eigenvalue weighted by Gasteiger charge is -2.30. The largest absolute Gasteiger partial charge is 0.326 e. The monoisotopic (exact) mass is 390 g/mol. The minimum Gasteiger partial charge on any atom is -0.326 e. The van der Waals surface area contributed by atoms with Gasteiger partial charge in [-0.25, -0.2) is 8.42 Å². The molecule has 1 atom stereocenters. The molecule has 5 nitrogen and oxygen atoms in total. The highest BCUT2D eigenvalue weighted by Gasteiger charge is 2.33. The Balaban J connectivity index is 1.45. The number of rotatable bonds is 4. The molecular weight excluding hydrogens is 368 g/mol. The van der Waals surface area contributed by atoms with Crippen LogP contribution in [0.1, 0.15) is 30.4 Å². The smallest absolute Gasteiger partial charge is 0.252 e. The fraction of sp³-hybridized carbons (Fsp3) is 0.421. The summed E-state index contributed by atoms with van der Waals surface area (Å²) in [5, 5.41) is 4.75. The fourth-order valence-electron chi connectivity index (χ4n) is 3.81. The highest BCUT2D eigenvalue weighted by molar-refractivity contribution is 7.91. The second kappa shape index (κ2) is 7.13. The molecule has 1 saturated heterocycles. The second-order valence-corrected chi connectivity index (χ2v) is 10.1. The number of carbonyl (C=O) groups excluding carboxylic acids is 1. The molecule has 138 valence electrons. The minimum absolute atomic E-state index is 0.0889. The minimum atomic E-state index is -3.49. The predicted molar refractivity (Wildman–Crippen MR) is 103 cm³/mol. The Bertz CT molecular complexity index is 907. The van der Waals surface area contributed by atoms with Crippen LogP contribution in [0.3, 0.4) is 0 Å². The Morgan fingerprint density at radius 1 is 1.15 bits per heavy atom. The van der Waals surface area contributed by atoms with Crippen LogP contribution in [0, 0.1) is 5.92 Å². The van der Waals surface area contributed by atoms with Crippen LogP contribution in [-0.4, -0.2) is 31.7 Å². The van der Waals surface area contributed by atoms with Gasteiger partial charge in [0.1, 0.15) is 4.21 Å². The van der Waals surface area contributed by atoms with Crippen molar-refractivity contribution >= 4 is 33.0 Å². The molecule has 1 N–H and O–H groups in total. The summed E-state index contributed by atoms with van der Waals surface area (Å²) in [6.07, 6.45) is 4.77. The van der Waals surface area contributed by atoms with Gasteiger partial charge in [-0.3, -0.25) is 4.79 Å². The Labute approximate surface area is 158 Å². The molecule has 2 heterocycles. The lowest BCUT2D eigenvalue weighted by atomic mass is 9.98. The van der Waals surface area contributed by atoms with Crippen molar-refractivity contribution in [3.63, 3.8) is 0 Å². The molecule has 0 bridgehead atoms. The highest BCUT2D eigenvalue weighted by atomic mass is 32.2.